The number of likely N-dealkylation sites (tertiary alicyclic amines) is 1. The van der Waals surface area contributed by atoms with Crippen LogP contribution in [0.5, 0.6) is 0 Å². The summed E-state index contributed by atoms with van der Waals surface area (Å²) < 4.78 is 5.62. The van der Waals surface area contributed by atoms with Crippen LogP contribution in [0.1, 0.15) is 37.0 Å². The van der Waals surface area contributed by atoms with Gasteiger partial charge in [-0.05, 0) is 32.8 Å². The fourth-order valence-electron chi connectivity index (χ4n) is 2.54. The second-order valence-corrected chi connectivity index (χ2v) is 4.90. The smallest absolute Gasteiger partial charge is 0.256 e. The maximum absolute atomic E-state index is 12.6. The van der Waals surface area contributed by atoms with Crippen LogP contribution in [0.15, 0.2) is 18.5 Å². The molecular weight excluding hydrogens is 254 g/mol. The van der Waals surface area contributed by atoms with Gasteiger partial charge in [0.15, 0.2) is 0 Å². The maximum Gasteiger partial charge on any atom is 0.256 e. The molecule has 2 heterocycles. The molecule has 1 fully saturated rings. The van der Waals surface area contributed by atoms with E-state index in [9.17, 15) is 4.79 Å². The molecule has 20 heavy (non-hydrogen) atoms. The van der Waals surface area contributed by atoms with Crippen LogP contribution < -0.4 is 5.32 Å². The summed E-state index contributed by atoms with van der Waals surface area (Å²) in [5.74, 6) is 0.0818. The Hall–Kier alpha value is -1.62. The summed E-state index contributed by atoms with van der Waals surface area (Å²) in [6.07, 6.45) is 5.52. The van der Waals surface area contributed by atoms with Gasteiger partial charge in [0.1, 0.15) is 0 Å². The highest BCUT2D eigenvalue weighted by Crippen LogP contribution is 2.20. The number of nitrogens with zero attached hydrogens (tertiary/aromatic N) is 2. The molecule has 0 aliphatic carbocycles. The van der Waals surface area contributed by atoms with E-state index in [1.165, 1.54) is 0 Å². The summed E-state index contributed by atoms with van der Waals surface area (Å²) in [6, 6.07) is 1.79. The third-order valence-corrected chi connectivity index (χ3v) is 3.55. The summed E-state index contributed by atoms with van der Waals surface area (Å²) in [4.78, 5) is 18.6. The molecule has 2 rings (SSSR count). The van der Waals surface area contributed by atoms with Gasteiger partial charge in [-0.25, -0.2) is 0 Å². The third-order valence-electron chi connectivity index (χ3n) is 3.55. The predicted octanol–water partition coefficient (Wildman–Crippen LogP) is 2.15. The largest absolute Gasteiger partial charge is 0.383 e. The van der Waals surface area contributed by atoms with Crippen molar-refractivity contribution in [2.24, 2.45) is 0 Å². The van der Waals surface area contributed by atoms with Crippen molar-refractivity contribution in [2.45, 2.75) is 32.8 Å². The number of carbonyl (C=O) groups excluding carboxylic acids is 1. The predicted molar refractivity (Wildman–Crippen MR) is 79.0 cm³/mol. The zero-order chi connectivity index (χ0) is 14.4. The van der Waals surface area contributed by atoms with Gasteiger partial charge < -0.3 is 15.0 Å². The van der Waals surface area contributed by atoms with Gasteiger partial charge in [0.2, 0.25) is 0 Å². The Labute approximate surface area is 120 Å². The number of pyridine rings is 1. The molecule has 0 spiro atoms. The van der Waals surface area contributed by atoms with Crippen molar-refractivity contribution in [2.75, 3.05) is 31.6 Å². The molecule has 5 heteroatoms. The summed E-state index contributed by atoms with van der Waals surface area (Å²) >= 11 is 0. The number of rotatable bonds is 5. The SMILES string of the molecule is CCNc1cnccc1C(=O)N1CCC(OCC)CC1. The summed E-state index contributed by atoms with van der Waals surface area (Å²) in [5.41, 5.74) is 1.52. The second kappa shape index (κ2) is 7.24. The van der Waals surface area contributed by atoms with Gasteiger partial charge in [-0.2, -0.15) is 0 Å². The second-order valence-electron chi connectivity index (χ2n) is 4.90. The fraction of sp³-hybridized carbons (Fsp3) is 0.600. The van der Waals surface area contributed by atoms with E-state index in [-0.39, 0.29) is 5.91 Å². The molecule has 0 radical (unpaired) electrons. The molecule has 0 atom stereocenters. The molecule has 1 aromatic heterocycles. The Kier molecular flexibility index (Phi) is 5.35. The first-order chi connectivity index (χ1) is 9.76. The Balaban J connectivity index is 2.02. The van der Waals surface area contributed by atoms with Gasteiger partial charge in [-0.3, -0.25) is 9.78 Å². The summed E-state index contributed by atoms with van der Waals surface area (Å²) in [7, 11) is 0. The number of ether oxygens (including phenoxy) is 1. The van der Waals surface area contributed by atoms with E-state index in [0.29, 0.717) is 11.7 Å². The Morgan fingerprint density at radius 2 is 2.20 bits per heavy atom. The number of amides is 1. The molecule has 1 amide bonds. The van der Waals surface area contributed by atoms with Crippen LogP contribution in [0.3, 0.4) is 0 Å². The minimum atomic E-state index is 0.0818. The molecule has 0 aromatic carbocycles. The highest BCUT2D eigenvalue weighted by Gasteiger charge is 2.25. The minimum absolute atomic E-state index is 0.0818. The lowest BCUT2D eigenvalue weighted by Gasteiger charge is -2.32. The van der Waals surface area contributed by atoms with Crippen molar-refractivity contribution in [1.82, 2.24) is 9.88 Å². The number of aromatic nitrogens is 1. The monoisotopic (exact) mass is 277 g/mol. The van der Waals surface area contributed by atoms with E-state index in [2.05, 4.69) is 10.3 Å². The summed E-state index contributed by atoms with van der Waals surface area (Å²) in [5, 5.41) is 3.19. The molecule has 1 saturated heterocycles. The van der Waals surface area contributed by atoms with Gasteiger partial charge >= 0.3 is 0 Å². The van der Waals surface area contributed by atoms with E-state index >= 15 is 0 Å². The molecule has 0 saturated carbocycles. The molecule has 1 aliphatic heterocycles. The minimum Gasteiger partial charge on any atom is -0.383 e. The van der Waals surface area contributed by atoms with Crippen molar-refractivity contribution in [3.05, 3.63) is 24.0 Å². The number of piperidine rings is 1. The zero-order valence-corrected chi connectivity index (χ0v) is 12.3. The lowest BCUT2D eigenvalue weighted by Crippen LogP contribution is -2.41. The van der Waals surface area contributed by atoms with Crippen molar-refractivity contribution >= 4 is 11.6 Å². The van der Waals surface area contributed by atoms with E-state index < -0.39 is 0 Å². The van der Waals surface area contributed by atoms with Gasteiger partial charge in [-0.15, -0.1) is 0 Å². The Morgan fingerprint density at radius 1 is 1.45 bits per heavy atom. The number of anilines is 1. The number of hydrogen-bond acceptors (Lipinski definition) is 4. The van der Waals surface area contributed by atoms with E-state index in [1.54, 1.807) is 18.5 Å². The van der Waals surface area contributed by atoms with Crippen LogP contribution >= 0.6 is 0 Å². The highest BCUT2D eigenvalue weighted by atomic mass is 16.5. The first-order valence-electron chi connectivity index (χ1n) is 7.35. The van der Waals surface area contributed by atoms with Crippen LogP contribution in [0.2, 0.25) is 0 Å². The van der Waals surface area contributed by atoms with Crippen LogP contribution in [-0.2, 0) is 4.74 Å². The van der Waals surface area contributed by atoms with Crippen molar-refractivity contribution in [3.8, 4) is 0 Å². The average molecular weight is 277 g/mol. The van der Waals surface area contributed by atoms with Gasteiger partial charge in [0, 0.05) is 32.4 Å². The fourth-order valence-corrected chi connectivity index (χ4v) is 2.54. The third kappa shape index (κ3) is 3.48. The summed E-state index contributed by atoms with van der Waals surface area (Å²) in [6.45, 7) is 7.06. The molecule has 110 valence electrons. The molecule has 0 unspecified atom stereocenters. The zero-order valence-electron chi connectivity index (χ0n) is 12.3. The number of carbonyl (C=O) groups is 1. The molecule has 1 aliphatic rings. The topological polar surface area (TPSA) is 54.5 Å². The Bertz CT molecular complexity index is 442. The van der Waals surface area contributed by atoms with Crippen LogP contribution in [-0.4, -0.2) is 48.1 Å². The number of nitrogens with one attached hydrogen (secondary N) is 1. The lowest BCUT2D eigenvalue weighted by molar-refractivity contribution is 0.0146. The van der Waals surface area contributed by atoms with Crippen LogP contribution in [0.25, 0.3) is 0 Å². The molecule has 1 N–H and O–H groups in total. The lowest BCUT2D eigenvalue weighted by atomic mass is 10.1. The standard InChI is InChI=1S/C15H23N3O2/c1-3-17-14-11-16-8-5-13(14)15(19)18-9-6-12(7-10-18)20-4-2/h5,8,11-12,17H,3-4,6-7,9-10H2,1-2H3. The van der Waals surface area contributed by atoms with Crippen LogP contribution in [0, 0.1) is 0 Å². The van der Waals surface area contributed by atoms with Gasteiger partial charge in [-0.1, -0.05) is 0 Å². The van der Waals surface area contributed by atoms with E-state index in [0.717, 1.165) is 44.8 Å². The first-order valence-corrected chi connectivity index (χ1v) is 7.35. The van der Waals surface area contributed by atoms with E-state index in [1.807, 2.05) is 18.7 Å². The van der Waals surface area contributed by atoms with Crippen molar-refractivity contribution in [3.63, 3.8) is 0 Å². The first kappa shape index (κ1) is 14.8. The maximum atomic E-state index is 12.6. The van der Waals surface area contributed by atoms with E-state index in [4.69, 9.17) is 4.74 Å². The number of hydrogen-bond donors (Lipinski definition) is 1. The molecular formula is C15H23N3O2. The average Bonchev–Trinajstić information content (AvgIpc) is 2.49. The van der Waals surface area contributed by atoms with Crippen molar-refractivity contribution < 1.29 is 9.53 Å². The molecule has 0 bridgehead atoms. The van der Waals surface area contributed by atoms with Gasteiger partial charge in [0.05, 0.1) is 23.6 Å². The van der Waals surface area contributed by atoms with Crippen LogP contribution in [0.4, 0.5) is 5.69 Å². The highest BCUT2D eigenvalue weighted by molar-refractivity contribution is 5.99. The normalized spacial score (nSPS) is 16.2. The van der Waals surface area contributed by atoms with Gasteiger partial charge in [0.25, 0.3) is 5.91 Å². The molecule has 1 aromatic rings. The van der Waals surface area contributed by atoms with Crippen molar-refractivity contribution in [1.29, 1.82) is 0 Å². The quantitative estimate of drug-likeness (QED) is 0.896. The molecule has 5 nitrogen and oxygen atoms in total. The Morgan fingerprint density at radius 3 is 2.85 bits per heavy atom.